The number of hydrogen-bond donors (Lipinski definition) is 1. The summed E-state index contributed by atoms with van der Waals surface area (Å²) in [5, 5.41) is 0. The molecule has 26 heavy (non-hydrogen) atoms. The summed E-state index contributed by atoms with van der Waals surface area (Å²) in [4.78, 5) is 15.3. The van der Waals surface area contributed by atoms with Crippen LogP contribution in [0.5, 0.6) is 11.5 Å². The Morgan fingerprint density at radius 2 is 1.73 bits per heavy atom. The second-order valence-electron chi connectivity index (χ2n) is 5.14. The van der Waals surface area contributed by atoms with Gasteiger partial charge in [-0.25, -0.2) is 13.1 Å². The molecule has 0 aliphatic rings. The van der Waals surface area contributed by atoms with Crippen LogP contribution in [0.1, 0.15) is 12.5 Å². The van der Waals surface area contributed by atoms with E-state index in [-0.39, 0.29) is 4.90 Å². The summed E-state index contributed by atoms with van der Waals surface area (Å²) in [5.74, 6) is 0.564. The molecule has 7 nitrogen and oxygen atoms in total. The van der Waals surface area contributed by atoms with Crippen LogP contribution in [0.4, 0.5) is 5.69 Å². The van der Waals surface area contributed by atoms with Gasteiger partial charge >= 0.3 is 0 Å². The summed E-state index contributed by atoms with van der Waals surface area (Å²) in [5.41, 5.74) is 1.26. The lowest BCUT2D eigenvalue weighted by Crippen LogP contribution is -2.28. The molecule has 1 amide bonds. The van der Waals surface area contributed by atoms with Crippen LogP contribution in [-0.4, -0.2) is 34.8 Å². The van der Waals surface area contributed by atoms with Crippen LogP contribution in [0.25, 0.3) is 0 Å². The van der Waals surface area contributed by atoms with Crippen LogP contribution < -0.4 is 14.2 Å². The highest BCUT2D eigenvalue weighted by molar-refractivity contribution is 9.10. The highest BCUT2D eigenvalue weighted by Crippen LogP contribution is 2.32. The van der Waals surface area contributed by atoms with Crippen LogP contribution in [0.15, 0.2) is 50.8 Å². The molecular weight excluding hydrogens is 424 g/mol. The fraction of sp³-hybridized carbons (Fsp3) is 0.176. The van der Waals surface area contributed by atoms with E-state index in [4.69, 9.17) is 9.47 Å². The Bertz CT molecular complexity index is 940. The van der Waals surface area contributed by atoms with Gasteiger partial charge < -0.3 is 9.47 Å². The molecule has 0 aliphatic heterocycles. The number of amides is 1. The smallest absolute Gasteiger partial charge is 0.264 e. The minimum Gasteiger partial charge on any atom is -0.496 e. The van der Waals surface area contributed by atoms with Gasteiger partial charge in [-0.2, -0.15) is 0 Å². The maximum atomic E-state index is 11.9. The number of carbonyl (C=O) groups is 1. The molecule has 2 aromatic carbocycles. The number of hydrogen-bond acceptors (Lipinski definition) is 6. The van der Waals surface area contributed by atoms with Gasteiger partial charge in [0.1, 0.15) is 11.5 Å². The third-order valence-electron chi connectivity index (χ3n) is 3.28. The van der Waals surface area contributed by atoms with E-state index in [1.807, 2.05) is 4.72 Å². The zero-order valence-electron chi connectivity index (χ0n) is 14.3. The lowest BCUT2D eigenvalue weighted by atomic mass is 10.2. The maximum Gasteiger partial charge on any atom is 0.264 e. The summed E-state index contributed by atoms with van der Waals surface area (Å²) in [6.07, 6.45) is 1.60. The topological polar surface area (TPSA) is 94.1 Å². The normalized spacial score (nSPS) is 11.4. The Labute approximate surface area is 160 Å². The van der Waals surface area contributed by atoms with Gasteiger partial charge in [-0.15, -0.1) is 0 Å². The first-order valence-electron chi connectivity index (χ1n) is 7.36. The highest BCUT2D eigenvalue weighted by Gasteiger charge is 2.14. The van der Waals surface area contributed by atoms with Gasteiger partial charge in [-0.1, -0.05) is 0 Å². The summed E-state index contributed by atoms with van der Waals surface area (Å²) in [6.45, 7) is 1.14. The Morgan fingerprint density at radius 1 is 1.12 bits per heavy atom. The van der Waals surface area contributed by atoms with E-state index >= 15 is 0 Å². The Kier molecular flexibility index (Phi) is 6.38. The van der Waals surface area contributed by atoms with Gasteiger partial charge in [0.2, 0.25) is 5.91 Å². The summed E-state index contributed by atoms with van der Waals surface area (Å²) in [7, 11) is -0.756. The predicted octanol–water partition coefficient (Wildman–Crippen LogP) is 3.04. The number of ether oxygens (including phenoxy) is 2. The van der Waals surface area contributed by atoms with Crippen LogP contribution in [-0.2, 0) is 14.8 Å². The van der Waals surface area contributed by atoms with Gasteiger partial charge in [-0.05, 0) is 46.3 Å². The van der Waals surface area contributed by atoms with Crippen LogP contribution in [0.2, 0.25) is 0 Å². The zero-order chi connectivity index (χ0) is 19.3. The molecule has 0 heterocycles. The number of carbonyl (C=O) groups excluding carboxylic acids is 1. The number of sulfonamides is 1. The summed E-state index contributed by atoms with van der Waals surface area (Å²) >= 11 is 3.40. The first kappa shape index (κ1) is 19.9. The van der Waals surface area contributed by atoms with E-state index in [1.165, 1.54) is 24.3 Å². The quantitative estimate of drug-likeness (QED) is 0.696. The number of aliphatic imine (C=N–C) groups is 1. The van der Waals surface area contributed by atoms with Crippen molar-refractivity contribution in [3.63, 3.8) is 0 Å². The molecule has 2 aromatic rings. The van der Waals surface area contributed by atoms with Crippen molar-refractivity contribution < 1.29 is 22.7 Å². The number of nitrogens with one attached hydrogen (secondary N) is 1. The van der Waals surface area contributed by atoms with Gasteiger partial charge in [0.15, 0.2) is 0 Å². The van der Waals surface area contributed by atoms with E-state index in [9.17, 15) is 13.2 Å². The molecule has 0 radical (unpaired) electrons. The Hall–Kier alpha value is -2.39. The van der Waals surface area contributed by atoms with Crippen molar-refractivity contribution >= 4 is 43.8 Å². The summed E-state index contributed by atoms with van der Waals surface area (Å²) < 4.78 is 37.0. The molecule has 0 saturated carbocycles. The predicted molar refractivity (Wildman–Crippen MR) is 102 cm³/mol. The van der Waals surface area contributed by atoms with E-state index in [1.54, 1.807) is 32.6 Å². The lowest BCUT2D eigenvalue weighted by molar-refractivity contribution is -0.117. The SMILES string of the molecule is COc1cc(OC)c(C=Nc2ccc(S(=O)(=O)NC(C)=O)cc2)cc1Br. The largest absolute Gasteiger partial charge is 0.496 e. The first-order valence-corrected chi connectivity index (χ1v) is 9.63. The Balaban J connectivity index is 2.27. The molecule has 0 aliphatic carbocycles. The second-order valence-corrected chi connectivity index (χ2v) is 7.68. The van der Waals surface area contributed by atoms with Gasteiger partial charge in [0.05, 0.1) is 29.3 Å². The third-order valence-corrected chi connectivity index (χ3v) is 5.35. The van der Waals surface area contributed by atoms with Crippen molar-refractivity contribution in [2.45, 2.75) is 11.8 Å². The van der Waals surface area contributed by atoms with Gasteiger partial charge in [0, 0.05) is 24.8 Å². The molecule has 0 spiro atoms. The number of rotatable bonds is 6. The monoisotopic (exact) mass is 440 g/mol. The van der Waals surface area contributed by atoms with Crippen molar-refractivity contribution in [3.05, 3.63) is 46.4 Å². The average molecular weight is 441 g/mol. The van der Waals surface area contributed by atoms with E-state index in [2.05, 4.69) is 20.9 Å². The van der Waals surface area contributed by atoms with Gasteiger partial charge in [-0.3, -0.25) is 9.79 Å². The molecule has 0 fully saturated rings. The molecule has 0 atom stereocenters. The Morgan fingerprint density at radius 3 is 2.27 bits per heavy atom. The maximum absolute atomic E-state index is 11.9. The molecule has 2 rings (SSSR count). The molecule has 0 aromatic heterocycles. The fourth-order valence-electron chi connectivity index (χ4n) is 2.09. The van der Waals surface area contributed by atoms with E-state index in [0.29, 0.717) is 17.2 Å². The standard InChI is InChI=1S/C17H17BrN2O5S/c1-11(21)20-26(22,23)14-6-4-13(5-7-14)19-10-12-8-15(18)17(25-3)9-16(12)24-2/h4-10H,1-3H3,(H,20,21). The number of benzene rings is 2. The molecule has 0 unspecified atom stereocenters. The van der Waals surface area contributed by atoms with Gasteiger partial charge in [0.25, 0.3) is 10.0 Å². The summed E-state index contributed by atoms with van der Waals surface area (Å²) in [6, 6.07) is 9.36. The van der Waals surface area contributed by atoms with Crippen molar-refractivity contribution in [1.82, 2.24) is 4.72 Å². The number of nitrogens with zero attached hydrogens (tertiary/aromatic N) is 1. The molecular formula is C17H17BrN2O5S. The number of methoxy groups -OCH3 is 2. The van der Waals surface area contributed by atoms with Crippen LogP contribution in [0.3, 0.4) is 0 Å². The van der Waals surface area contributed by atoms with Crippen LogP contribution >= 0.6 is 15.9 Å². The first-order chi connectivity index (χ1) is 12.3. The van der Waals surface area contributed by atoms with Crippen molar-refractivity contribution in [2.75, 3.05) is 14.2 Å². The van der Waals surface area contributed by atoms with Crippen molar-refractivity contribution in [3.8, 4) is 11.5 Å². The zero-order valence-corrected chi connectivity index (χ0v) is 16.7. The average Bonchev–Trinajstić information content (AvgIpc) is 2.59. The molecule has 9 heteroatoms. The van der Waals surface area contributed by atoms with E-state index < -0.39 is 15.9 Å². The van der Waals surface area contributed by atoms with Crippen LogP contribution in [0, 0.1) is 0 Å². The lowest BCUT2D eigenvalue weighted by Gasteiger charge is -2.09. The highest BCUT2D eigenvalue weighted by atomic mass is 79.9. The molecule has 0 bridgehead atoms. The second kappa shape index (κ2) is 8.33. The van der Waals surface area contributed by atoms with E-state index in [0.717, 1.165) is 17.0 Å². The molecule has 1 N–H and O–H groups in total. The van der Waals surface area contributed by atoms with Crippen molar-refractivity contribution in [2.24, 2.45) is 4.99 Å². The van der Waals surface area contributed by atoms with Crippen molar-refractivity contribution in [1.29, 1.82) is 0 Å². The molecule has 138 valence electrons. The third kappa shape index (κ3) is 4.83. The minimum atomic E-state index is -3.86. The number of halogens is 1. The molecule has 0 saturated heterocycles. The fourth-order valence-corrected chi connectivity index (χ4v) is 3.60. The minimum absolute atomic E-state index is 0.0172.